The number of nitrogens with one attached hydrogen (secondary N) is 1. The molecule has 0 saturated carbocycles. The zero-order valence-electron chi connectivity index (χ0n) is 14.6. The van der Waals surface area contributed by atoms with E-state index in [-0.39, 0.29) is 11.9 Å². The van der Waals surface area contributed by atoms with Crippen LogP contribution in [0.2, 0.25) is 5.02 Å². The van der Waals surface area contributed by atoms with E-state index in [4.69, 9.17) is 16.0 Å². The highest BCUT2D eigenvalue weighted by Gasteiger charge is 2.10. The number of aromatic nitrogens is 2. The molecular weight excluding hydrogens is 402 g/mol. The highest BCUT2D eigenvalue weighted by atomic mass is 35.5. The average molecular weight is 420 g/mol. The zero-order chi connectivity index (χ0) is 19.1. The van der Waals surface area contributed by atoms with Gasteiger partial charge in [0, 0.05) is 27.0 Å². The molecule has 0 saturated heterocycles. The standard InChI is InChI=1S/C19H18ClN3O2S2/c1-26-15-6-2-13(3-7-15)12-18-22-23-19(25-18)21-17(24)10-11-27-16-8-4-14(20)5-9-16/h2-9H,10-12H2,1H3,(H,21,23,24). The number of carbonyl (C=O) groups is 1. The van der Waals surface area contributed by atoms with Gasteiger partial charge in [-0.3, -0.25) is 10.1 Å². The summed E-state index contributed by atoms with van der Waals surface area (Å²) in [6.45, 7) is 0. The molecule has 1 N–H and O–H groups in total. The Morgan fingerprint density at radius 3 is 2.48 bits per heavy atom. The smallest absolute Gasteiger partial charge is 0.322 e. The number of amides is 1. The maximum Gasteiger partial charge on any atom is 0.322 e. The Morgan fingerprint density at radius 2 is 1.78 bits per heavy atom. The molecule has 0 aliphatic carbocycles. The van der Waals surface area contributed by atoms with Gasteiger partial charge in [-0.2, -0.15) is 0 Å². The molecule has 140 valence electrons. The largest absolute Gasteiger partial charge is 0.407 e. The highest BCUT2D eigenvalue weighted by Crippen LogP contribution is 2.21. The summed E-state index contributed by atoms with van der Waals surface area (Å²) in [5, 5.41) is 11.2. The van der Waals surface area contributed by atoms with Crippen LogP contribution in [0.15, 0.2) is 62.7 Å². The number of benzene rings is 2. The summed E-state index contributed by atoms with van der Waals surface area (Å²) in [6.07, 6.45) is 2.92. The Balaban J connectivity index is 1.45. The second kappa shape index (κ2) is 9.82. The average Bonchev–Trinajstić information content (AvgIpc) is 3.10. The molecule has 0 fully saturated rings. The lowest BCUT2D eigenvalue weighted by atomic mass is 10.1. The second-order valence-corrected chi connectivity index (χ2v) is 8.11. The van der Waals surface area contributed by atoms with E-state index in [1.807, 2.05) is 42.7 Å². The monoisotopic (exact) mass is 419 g/mol. The van der Waals surface area contributed by atoms with Gasteiger partial charge in [0.1, 0.15) is 0 Å². The molecule has 5 nitrogen and oxygen atoms in total. The molecule has 0 atom stereocenters. The van der Waals surface area contributed by atoms with Crippen LogP contribution >= 0.6 is 35.1 Å². The fraction of sp³-hybridized carbons (Fsp3) is 0.211. The number of carbonyl (C=O) groups excluding carboxylic acids is 1. The van der Waals surface area contributed by atoms with Crippen LogP contribution in [0.1, 0.15) is 17.9 Å². The first-order valence-electron chi connectivity index (χ1n) is 8.26. The van der Waals surface area contributed by atoms with Crippen molar-refractivity contribution in [2.75, 3.05) is 17.3 Å². The molecule has 0 bridgehead atoms. The molecule has 3 aromatic rings. The van der Waals surface area contributed by atoms with Gasteiger partial charge in [-0.05, 0) is 48.2 Å². The third-order valence-corrected chi connectivity index (χ3v) is 5.65. The molecule has 3 rings (SSSR count). The van der Waals surface area contributed by atoms with Gasteiger partial charge in [0.05, 0.1) is 6.42 Å². The molecule has 27 heavy (non-hydrogen) atoms. The maximum atomic E-state index is 12.0. The number of anilines is 1. The topological polar surface area (TPSA) is 68.0 Å². The van der Waals surface area contributed by atoms with Crippen LogP contribution in [0.5, 0.6) is 0 Å². The third-order valence-electron chi connectivity index (χ3n) is 3.64. The van der Waals surface area contributed by atoms with Gasteiger partial charge in [-0.25, -0.2) is 0 Å². The summed E-state index contributed by atoms with van der Waals surface area (Å²) in [5.74, 6) is 0.963. The summed E-state index contributed by atoms with van der Waals surface area (Å²) in [4.78, 5) is 14.3. The van der Waals surface area contributed by atoms with Crippen LogP contribution in [0, 0.1) is 0 Å². The van der Waals surface area contributed by atoms with E-state index in [0.717, 1.165) is 10.5 Å². The van der Waals surface area contributed by atoms with Crippen molar-refractivity contribution >= 4 is 47.0 Å². The van der Waals surface area contributed by atoms with Crippen molar-refractivity contribution in [2.45, 2.75) is 22.6 Å². The van der Waals surface area contributed by atoms with Crippen molar-refractivity contribution in [1.29, 1.82) is 0 Å². The van der Waals surface area contributed by atoms with Crippen molar-refractivity contribution in [3.05, 3.63) is 65.0 Å². The summed E-state index contributed by atoms with van der Waals surface area (Å²) in [5.41, 5.74) is 1.08. The molecule has 0 unspecified atom stereocenters. The Morgan fingerprint density at radius 1 is 1.07 bits per heavy atom. The van der Waals surface area contributed by atoms with Crippen LogP contribution in [0.4, 0.5) is 6.01 Å². The number of nitrogens with zero attached hydrogens (tertiary/aromatic N) is 2. The first-order valence-corrected chi connectivity index (χ1v) is 10.8. The SMILES string of the molecule is CSc1ccc(Cc2nnc(NC(=O)CCSc3ccc(Cl)cc3)o2)cc1. The van der Waals surface area contributed by atoms with E-state index >= 15 is 0 Å². The van der Waals surface area contributed by atoms with E-state index in [2.05, 4.69) is 27.6 Å². The number of hydrogen-bond donors (Lipinski definition) is 1. The minimum absolute atomic E-state index is 0.132. The fourth-order valence-electron chi connectivity index (χ4n) is 2.27. The van der Waals surface area contributed by atoms with Gasteiger partial charge < -0.3 is 4.42 Å². The van der Waals surface area contributed by atoms with Gasteiger partial charge in [-0.15, -0.1) is 28.6 Å². The highest BCUT2D eigenvalue weighted by molar-refractivity contribution is 7.99. The molecule has 1 amide bonds. The quantitative estimate of drug-likeness (QED) is 0.509. The van der Waals surface area contributed by atoms with E-state index < -0.39 is 0 Å². The predicted octanol–water partition coefficient (Wildman–Crippen LogP) is 5.16. The predicted molar refractivity (Wildman–Crippen MR) is 111 cm³/mol. The summed E-state index contributed by atoms with van der Waals surface area (Å²) >= 11 is 9.14. The van der Waals surface area contributed by atoms with Crippen molar-refractivity contribution in [3.63, 3.8) is 0 Å². The third kappa shape index (κ3) is 6.30. The zero-order valence-corrected chi connectivity index (χ0v) is 17.0. The lowest BCUT2D eigenvalue weighted by molar-refractivity contribution is -0.115. The lowest BCUT2D eigenvalue weighted by Gasteiger charge is -2.02. The summed E-state index contributed by atoms with van der Waals surface area (Å²) in [7, 11) is 0. The van der Waals surface area contributed by atoms with Crippen molar-refractivity contribution in [2.24, 2.45) is 0 Å². The van der Waals surface area contributed by atoms with E-state index in [0.29, 0.717) is 29.5 Å². The van der Waals surface area contributed by atoms with E-state index in [1.165, 1.54) is 4.90 Å². The number of rotatable bonds is 8. The van der Waals surface area contributed by atoms with Crippen molar-refractivity contribution in [1.82, 2.24) is 10.2 Å². The summed E-state index contributed by atoms with van der Waals surface area (Å²) < 4.78 is 5.51. The van der Waals surface area contributed by atoms with Crippen molar-refractivity contribution < 1.29 is 9.21 Å². The number of hydrogen-bond acceptors (Lipinski definition) is 6. The van der Waals surface area contributed by atoms with E-state index in [9.17, 15) is 4.79 Å². The van der Waals surface area contributed by atoms with Gasteiger partial charge >= 0.3 is 6.01 Å². The molecule has 0 aliphatic heterocycles. The van der Waals surface area contributed by atoms with Crippen LogP contribution in [0.3, 0.4) is 0 Å². The first-order chi connectivity index (χ1) is 13.1. The van der Waals surface area contributed by atoms with Crippen LogP contribution in [-0.2, 0) is 11.2 Å². The minimum Gasteiger partial charge on any atom is -0.407 e. The van der Waals surface area contributed by atoms with Crippen molar-refractivity contribution in [3.8, 4) is 0 Å². The molecule has 2 aromatic carbocycles. The van der Waals surface area contributed by atoms with Gasteiger partial charge in [0.15, 0.2) is 0 Å². The fourth-order valence-corrected chi connectivity index (χ4v) is 3.65. The summed E-state index contributed by atoms with van der Waals surface area (Å²) in [6, 6.07) is 15.8. The Hall–Kier alpha value is -1.96. The number of thioether (sulfide) groups is 2. The lowest BCUT2D eigenvalue weighted by Crippen LogP contribution is -2.12. The first kappa shape index (κ1) is 19.8. The van der Waals surface area contributed by atoms with Crippen LogP contribution in [0.25, 0.3) is 0 Å². The van der Waals surface area contributed by atoms with Crippen LogP contribution < -0.4 is 5.32 Å². The molecule has 0 aliphatic rings. The molecule has 1 aromatic heterocycles. The Bertz CT molecular complexity index is 883. The Labute approximate surface area is 171 Å². The maximum absolute atomic E-state index is 12.0. The van der Waals surface area contributed by atoms with Gasteiger partial charge in [0.2, 0.25) is 11.8 Å². The molecule has 8 heteroatoms. The minimum atomic E-state index is -0.156. The Kier molecular flexibility index (Phi) is 7.20. The van der Waals surface area contributed by atoms with Gasteiger partial charge in [-0.1, -0.05) is 28.8 Å². The van der Waals surface area contributed by atoms with E-state index in [1.54, 1.807) is 23.5 Å². The van der Waals surface area contributed by atoms with Crippen LogP contribution in [-0.4, -0.2) is 28.1 Å². The second-order valence-electron chi connectivity index (χ2n) is 5.63. The number of halogens is 1. The molecule has 1 heterocycles. The molecule has 0 radical (unpaired) electrons. The molecular formula is C19H18ClN3O2S2. The molecule has 0 spiro atoms. The van der Waals surface area contributed by atoms with Gasteiger partial charge in [0.25, 0.3) is 0 Å². The normalized spacial score (nSPS) is 10.7.